The van der Waals surface area contributed by atoms with Crippen molar-refractivity contribution in [3.8, 4) is 0 Å². The minimum atomic E-state index is -0.417. The maximum Gasteiger partial charge on any atom is 0.237 e. The van der Waals surface area contributed by atoms with Crippen LogP contribution in [-0.2, 0) is 9.59 Å². The number of anilines is 4. The van der Waals surface area contributed by atoms with Gasteiger partial charge in [0.2, 0.25) is 16.9 Å². The monoisotopic (exact) mass is 431 g/mol. The molecule has 0 aliphatic heterocycles. The van der Waals surface area contributed by atoms with Gasteiger partial charge in [0, 0.05) is 18.3 Å². The number of thioether (sulfide) groups is 1. The first-order valence-corrected chi connectivity index (χ1v) is 10.3. The molecule has 7 nitrogen and oxygen atoms in total. The van der Waals surface area contributed by atoms with E-state index in [1.54, 1.807) is 49.4 Å². The van der Waals surface area contributed by atoms with Crippen molar-refractivity contribution >= 4 is 57.1 Å². The van der Waals surface area contributed by atoms with Crippen LogP contribution in [0.1, 0.15) is 13.8 Å². The summed E-state index contributed by atoms with van der Waals surface area (Å²) in [6, 6.07) is 13.1. The van der Waals surface area contributed by atoms with Crippen molar-refractivity contribution in [1.82, 2.24) is 10.2 Å². The summed E-state index contributed by atoms with van der Waals surface area (Å²) in [5, 5.41) is 16.4. The third kappa shape index (κ3) is 6.00. The maximum atomic E-state index is 13.7. The van der Waals surface area contributed by atoms with Gasteiger partial charge in [-0.15, -0.1) is 10.2 Å². The van der Waals surface area contributed by atoms with Crippen LogP contribution in [0.4, 0.5) is 26.6 Å². The van der Waals surface area contributed by atoms with Gasteiger partial charge in [-0.2, -0.15) is 0 Å². The Morgan fingerprint density at radius 3 is 2.34 bits per heavy atom. The van der Waals surface area contributed by atoms with E-state index in [0.717, 1.165) is 0 Å². The maximum absolute atomic E-state index is 13.7. The highest BCUT2D eigenvalue weighted by atomic mass is 32.2. The van der Waals surface area contributed by atoms with Crippen molar-refractivity contribution in [1.29, 1.82) is 0 Å². The molecule has 10 heteroatoms. The predicted molar refractivity (Wildman–Crippen MR) is 114 cm³/mol. The van der Waals surface area contributed by atoms with Gasteiger partial charge in [0.05, 0.1) is 10.9 Å². The van der Waals surface area contributed by atoms with E-state index in [1.807, 2.05) is 0 Å². The highest BCUT2D eigenvalue weighted by molar-refractivity contribution is 8.02. The number of nitrogens with zero attached hydrogens (tertiary/aromatic N) is 2. The third-order valence-electron chi connectivity index (χ3n) is 3.64. The molecule has 2 amide bonds. The van der Waals surface area contributed by atoms with E-state index in [0.29, 0.717) is 26.5 Å². The Labute approximate surface area is 175 Å². The Kier molecular flexibility index (Phi) is 6.78. The van der Waals surface area contributed by atoms with Gasteiger partial charge in [0.1, 0.15) is 5.82 Å². The van der Waals surface area contributed by atoms with Crippen LogP contribution < -0.4 is 16.0 Å². The van der Waals surface area contributed by atoms with Crippen LogP contribution in [0, 0.1) is 5.82 Å². The van der Waals surface area contributed by atoms with Gasteiger partial charge in [-0.25, -0.2) is 4.39 Å². The molecule has 0 radical (unpaired) electrons. The summed E-state index contributed by atoms with van der Waals surface area (Å²) in [7, 11) is 0. The number of hydrogen-bond acceptors (Lipinski definition) is 7. The van der Waals surface area contributed by atoms with Crippen LogP contribution >= 0.6 is 23.1 Å². The lowest BCUT2D eigenvalue weighted by Gasteiger charge is -2.11. The molecule has 0 aliphatic carbocycles. The van der Waals surface area contributed by atoms with Crippen molar-refractivity contribution in [2.75, 3.05) is 16.0 Å². The lowest BCUT2D eigenvalue weighted by atomic mass is 10.2. The van der Waals surface area contributed by atoms with E-state index >= 15 is 0 Å². The molecule has 29 heavy (non-hydrogen) atoms. The van der Waals surface area contributed by atoms with Crippen molar-refractivity contribution in [3.05, 3.63) is 54.3 Å². The van der Waals surface area contributed by atoms with Gasteiger partial charge in [0.15, 0.2) is 4.34 Å². The van der Waals surface area contributed by atoms with E-state index in [4.69, 9.17) is 0 Å². The SMILES string of the molecule is CC(=O)Nc1ccc(NC(=O)[C@H](C)Sc2nnc(Nc3ccccc3F)s2)cc1. The Hall–Kier alpha value is -2.98. The number of carbonyl (C=O) groups excluding carboxylic acids is 2. The molecular weight excluding hydrogens is 413 g/mol. The lowest BCUT2D eigenvalue weighted by Crippen LogP contribution is -2.22. The van der Waals surface area contributed by atoms with Crippen LogP contribution in [0.3, 0.4) is 0 Å². The second-order valence-corrected chi connectivity index (χ2v) is 8.55. The van der Waals surface area contributed by atoms with Crippen molar-refractivity contribution < 1.29 is 14.0 Å². The number of rotatable bonds is 7. The lowest BCUT2D eigenvalue weighted by molar-refractivity contribution is -0.115. The molecule has 0 aliphatic rings. The van der Waals surface area contributed by atoms with Crippen LogP contribution in [0.15, 0.2) is 52.9 Å². The molecule has 0 fully saturated rings. The molecule has 1 atom stereocenters. The zero-order valence-electron chi connectivity index (χ0n) is 15.6. The standard InChI is InChI=1S/C19H18FN5O2S2/c1-11(17(27)22-14-9-7-13(8-10-14)21-12(2)26)28-19-25-24-18(29-19)23-16-6-4-3-5-15(16)20/h3-11H,1-2H3,(H,21,26)(H,22,27)(H,23,24)/t11-/m0/s1. The number of carbonyl (C=O) groups is 2. The molecule has 150 valence electrons. The Bertz CT molecular complexity index is 1010. The number of aromatic nitrogens is 2. The predicted octanol–water partition coefficient (Wildman–Crippen LogP) is 4.50. The molecule has 0 spiro atoms. The quantitative estimate of drug-likeness (QED) is 0.477. The third-order valence-corrected chi connectivity index (χ3v) is 5.66. The molecule has 1 heterocycles. The summed E-state index contributed by atoms with van der Waals surface area (Å²) in [6.07, 6.45) is 0. The van der Waals surface area contributed by atoms with Gasteiger partial charge >= 0.3 is 0 Å². The van der Waals surface area contributed by atoms with Crippen molar-refractivity contribution in [2.45, 2.75) is 23.4 Å². The van der Waals surface area contributed by atoms with Gasteiger partial charge in [-0.1, -0.05) is 35.2 Å². The van der Waals surface area contributed by atoms with Gasteiger partial charge in [0.25, 0.3) is 0 Å². The van der Waals surface area contributed by atoms with E-state index in [1.165, 1.54) is 36.1 Å². The molecule has 0 bridgehead atoms. The normalized spacial score (nSPS) is 11.6. The minimum Gasteiger partial charge on any atom is -0.328 e. The Morgan fingerprint density at radius 1 is 1.03 bits per heavy atom. The topological polar surface area (TPSA) is 96.0 Å². The Balaban J connectivity index is 1.55. The minimum absolute atomic E-state index is 0.160. The zero-order valence-corrected chi connectivity index (χ0v) is 17.2. The van der Waals surface area contributed by atoms with Gasteiger partial charge in [-0.05, 0) is 43.3 Å². The molecule has 0 unspecified atom stereocenters. The van der Waals surface area contributed by atoms with Crippen LogP contribution in [0.25, 0.3) is 0 Å². The summed E-state index contributed by atoms with van der Waals surface area (Å²) in [4.78, 5) is 23.5. The molecule has 3 N–H and O–H groups in total. The number of nitrogens with one attached hydrogen (secondary N) is 3. The van der Waals surface area contributed by atoms with Crippen LogP contribution in [-0.4, -0.2) is 27.3 Å². The summed E-state index contributed by atoms with van der Waals surface area (Å²) < 4.78 is 14.3. The van der Waals surface area contributed by atoms with Crippen LogP contribution in [0.5, 0.6) is 0 Å². The number of halogens is 1. The van der Waals surface area contributed by atoms with Gasteiger partial charge in [-0.3, -0.25) is 9.59 Å². The number of amides is 2. The molecule has 2 aromatic carbocycles. The summed E-state index contributed by atoms with van der Waals surface area (Å²) >= 11 is 2.50. The number of hydrogen-bond donors (Lipinski definition) is 3. The average Bonchev–Trinajstić information content (AvgIpc) is 3.11. The highest BCUT2D eigenvalue weighted by Gasteiger charge is 2.18. The zero-order chi connectivity index (χ0) is 20.8. The fourth-order valence-corrected chi connectivity index (χ4v) is 4.18. The fraction of sp³-hybridized carbons (Fsp3) is 0.158. The van der Waals surface area contributed by atoms with Gasteiger partial charge < -0.3 is 16.0 Å². The molecule has 3 rings (SSSR count). The molecule has 1 aromatic heterocycles. The summed E-state index contributed by atoms with van der Waals surface area (Å²) in [5.74, 6) is -0.733. The summed E-state index contributed by atoms with van der Waals surface area (Å²) in [5.41, 5.74) is 1.59. The summed E-state index contributed by atoms with van der Waals surface area (Å²) in [6.45, 7) is 3.19. The first-order chi connectivity index (χ1) is 13.9. The fourth-order valence-electron chi connectivity index (χ4n) is 2.27. The smallest absolute Gasteiger partial charge is 0.237 e. The molecule has 3 aromatic rings. The van der Waals surface area contributed by atoms with E-state index in [2.05, 4.69) is 26.1 Å². The highest BCUT2D eigenvalue weighted by Crippen LogP contribution is 2.31. The number of benzene rings is 2. The van der Waals surface area contributed by atoms with Crippen LogP contribution in [0.2, 0.25) is 0 Å². The van der Waals surface area contributed by atoms with E-state index in [-0.39, 0.29) is 17.6 Å². The number of para-hydroxylation sites is 1. The Morgan fingerprint density at radius 2 is 1.69 bits per heavy atom. The second-order valence-electron chi connectivity index (χ2n) is 5.99. The molecule has 0 saturated carbocycles. The van der Waals surface area contributed by atoms with E-state index < -0.39 is 5.25 Å². The first kappa shape index (κ1) is 20.7. The average molecular weight is 432 g/mol. The van der Waals surface area contributed by atoms with E-state index in [9.17, 15) is 14.0 Å². The first-order valence-electron chi connectivity index (χ1n) is 8.61. The van der Waals surface area contributed by atoms with Crippen molar-refractivity contribution in [3.63, 3.8) is 0 Å². The second kappa shape index (κ2) is 9.48. The van der Waals surface area contributed by atoms with Crippen molar-refractivity contribution in [2.24, 2.45) is 0 Å². The molecule has 0 saturated heterocycles. The molecular formula is C19H18FN5O2S2. The largest absolute Gasteiger partial charge is 0.328 e.